The molecule has 0 aliphatic rings. The lowest BCUT2D eigenvalue weighted by molar-refractivity contribution is -0.131. The van der Waals surface area contributed by atoms with Gasteiger partial charge in [0.15, 0.2) is 0 Å². The molecule has 0 unspecified atom stereocenters. The number of hydrogen-bond acceptors (Lipinski definition) is 8. The molecule has 0 saturated heterocycles. The van der Waals surface area contributed by atoms with Crippen molar-refractivity contribution in [2.75, 3.05) is 7.11 Å². The normalized spacial score (nSPS) is 11.4. The van der Waals surface area contributed by atoms with Crippen LogP contribution in [0.4, 0.5) is 0 Å². The summed E-state index contributed by atoms with van der Waals surface area (Å²) in [7, 11) is 1.31. The Bertz CT molecular complexity index is 1020. The van der Waals surface area contributed by atoms with Gasteiger partial charge in [0, 0.05) is 18.6 Å². The van der Waals surface area contributed by atoms with Crippen LogP contribution in [-0.4, -0.2) is 34.4 Å². The van der Waals surface area contributed by atoms with Crippen molar-refractivity contribution in [3.8, 4) is 11.3 Å². The maximum Gasteiger partial charge on any atom is 0.342 e. The first kappa shape index (κ1) is 18.5. The Kier molecular flexibility index (Phi) is 5.41. The van der Waals surface area contributed by atoms with E-state index in [0.29, 0.717) is 28.5 Å². The number of carbonyl (C=O) groups is 2. The minimum atomic E-state index is -1.15. The highest BCUT2D eigenvalue weighted by Gasteiger charge is 2.16. The number of nitrogens with zero attached hydrogens (tertiary/aromatic N) is 2. The summed E-state index contributed by atoms with van der Waals surface area (Å²) >= 11 is 0.827. The molecule has 27 heavy (non-hydrogen) atoms. The third kappa shape index (κ3) is 4.45. The van der Waals surface area contributed by atoms with Gasteiger partial charge in [-0.3, -0.25) is 0 Å². The second-order valence-corrected chi connectivity index (χ2v) is 6.27. The SMILES string of the molecule is COC(=O)c1cccc(-c2ccc(/C=C(/Sc3nnc(C)o3)C(=O)O)o2)c1. The second-order valence-electron chi connectivity index (χ2n) is 5.28. The van der Waals surface area contributed by atoms with Gasteiger partial charge in [0.2, 0.25) is 5.89 Å². The van der Waals surface area contributed by atoms with Gasteiger partial charge in [-0.25, -0.2) is 9.59 Å². The zero-order valence-electron chi connectivity index (χ0n) is 14.3. The number of rotatable bonds is 6. The standard InChI is InChI=1S/C18H14N2O6S/c1-10-19-20-18(25-10)27-15(16(21)22)9-13-6-7-14(26-13)11-4-3-5-12(8-11)17(23)24-2/h3-9H,1-2H3,(H,21,22)/b15-9+. The Balaban J connectivity index is 1.86. The number of aryl methyl sites for hydroxylation is 1. The molecule has 0 fully saturated rings. The van der Waals surface area contributed by atoms with Crippen LogP contribution in [0.5, 0.6) is 0 Å². The molecule has 0 radical (unpaired) electrons. The van der Waals surface area contributed by atoms with E-state index < -0.39 is 11.9 Å². The van der Waals surface area contributed by atoms with Crippen LogP contribution in [0.3, 0.4) is 0 Å². The van der Waals surface area contributed by atoms with Crippen LogP contribution in [0, 0.1) is 6.92 Å². The number of carboxylic acid groups (broad SMARTS) is 1. The van der Waals surface area contributed by atoms with Gasteiger partial charge in [0.25, 0.3) is 5.22 Å². The minimum absolute atomic E-state index is 0.0390. The number of thioether (sulfide) groups is 1. The first-order valence-corrected chi connectivity index (χ1v) is 8.49. The van der Waals surface area contributed by atoms with Crippen molar-refractivity contribution in [3.63, 3.8) is 0 Å². The van der Waals surface area contributed by atoms with E-state index in [-0.39, 0.29) is 10.1 Å². The van der Waals surface area contributed by atoms with Crippen LogP contribution in [0.2, 0.25) is 0 Å². The van der Waals surface area contributed by atoms with Crippen LogP contribution < -0.4 is 0 Å². The summed E-state index contributed by atoms with van der Waals surface area (Å²) in [4.78, 5) is 23.1. The Hall–Kier alpha value is -3.33. The highest BCUT2D eigenvalue weighted by atomic mass is 32.2. The molecule has 138 valence electrons. The van der Waals surface area contributed by atoms with Crippen LogP contribution in [-0.2, 0) is 9.53 Å². The molecule has 3 aromatic rings. The van der Waals surface area contributed by atoms with E-state index in [2.05, 4.69) is 10.2 Å². The van der Waals surface area contributed by atoms with E-state index in [4.69, 9.17) is 13.6 Å². The molecular weight excluding hydrogens is 372 g/mol. The van der Waals surface area contributed by atoms with Gasteiger partial charge in [-0.15, -0.1) is 10.2 Å². The van der Waals surface area contributed by atoms with Gasteiger partial charge in [-0.05, 0) is 36.0 Å². The number of furan rings is 1. The van der Waals surface area contributed by atoms with Crippen molar-refractivity contribution in [1.29, 1.82) is 0 Å². The summed E-state index contributed by atoms with van der Waals surface area (Å²) in [6.07, 6.45) is 1.36. The zero-order valence-corrected chi connectivity index (χ0v) is 15.1. The average Bonchev–Trinajstić information content (AvgIpc) is 3.29. The van der Waals surface area contributed by atoms with E-state index in [0.717, 1.165) is 11.8 Å². The van der Waals surface area contributed by atoms with Crippen molar-refractivity contribution >= 4 is 29.8 Å². The van der Waals surface area contributed by atoms with Crippen LogP contribution in [0.15, 0.2) is 55.4 Å². The summed E-state index contributed by atoms with van der Waals surface area (Å²) in [5.41, 5.74) is 1.05. The fourth-order valence-electron chi connectivity index (χ4n) is 2.18. The molecule has 0 amide bonds. The summed E-state index contributed by atoms with van der Waals surface area (Å²) in [6, 6.07) is 10.0. The van der Waals surface area contributed by atoms with Gasteiger partial charge in [0.05, 0.1) is 12.7 Å². The molecule has 8 nitrogen and oxygen atoms in total. The molecule has 0 bridgehead atoms. The first-order chi connectivity index (χ1) is 13.0. The molecule has 1 aromatic carbocycles. The Morgan fingerprint density at radius 3 is 2.67 bits per heavy atom. The molecule has 0 aliphatic carbocycles. The molecule has 3 rings (SSSR count). The molecular formula is C18H14N2O6S. The predicted octanol–water partition coefficient (Wildman–Crippen LogP) is 3.64. The fraction of sp³-hybridized carbons (Fsp3) is 0.111. The quantitative estimate of drug-likeness (QED) is 0.385. The van der Waals surface area contributed by atoms with Gasteiger partial charge in [-0.1, -0.05) is 12.1 Å². The van der Waals surface area contributed by atoms with E-state index in [1.54, 1.807) is 43.3 Å². The Labute approximate surface area is 157 Å². The van der Waals surface area contributed by atoms with Gasteiger partial charge in [0.1, 0.15) is 16.4 Å². The molecule has 1 N–H and O–H groups in total. The lowest BCUT2D eigenvalue weighted by Crippen LogP contribution is -2.00. The van der Waals surface area contributed by atoms with Crippen molar-refractivity contribution < 1.29 is 28.3 Å². The highest BCUT2D eigenvalue weighted by Crippen LogP contribution is 2.29. The largest absolute Gasteiger partial charge is 0.477 e. The lowest BCUT2D eigenvalue weighted by atomic mass is 10.1. The first-order valence-electron chi connectivity index (χ1n) is 7.68. The van der Waals surface area contributed by atoms with E-state index >= 15 is 0 Å². The topological polar surface area (TPSA) is 116 Å². The maximum absolute atomic E-state index is 11.6. The molecule has 0 atom stereocenters. The summed E-state index contributed by atoms with van der Waals surface area (Å²) in [5, 5.41) is 16.9. The molecule has 2 aromatic heterocycles. The summed E-state index contributed by atoms with van der Waals surface area (Å²) in [5.74, 6) is -0.456. The zero-order chi connectivity index (χ0) is 19.4. The highest BCUT2D eigenvalue weighted by molar-refractivity contribution is 8.03. The van der Waals surface area contributed by atoms with Crippen LogP contribution >= 0.6 is 11.8 Å². The maximum atomic E-state index is 11.6. The Morgan fingerprint density at radius 2 is 2.00 bits per heavy atom. The molecule has 9 heteroatoms. The van der Waals surface area contributed by atoms with Crippen molar-refractivity contribution in [3.05, 3.63) is 58.5 Å². The monoisotopic (exact) mass is 386 g/mol. The number of ether oxygens (including phenoxy) is 1. The Morgan fingerprint density at radius 1 is 1.19 bits per heavy atom. The molecule has 2 heterocycles. The smallest absolute Gasteiger partial charge is 0.342 e. The number of benzene rings is 1. The third-order valence-electron chi connectivity index (χ3n) is 3.38. The van der Waals surface area contributed by atoms with Crippen molar-refractivity contribution in [1.82, 2.24) is 10.2 Å². The number of carbonyl (C=O) groups excluding carboxylic acids is 1. The predicted molar refractivity (Wildman–Crippen MR) is 96.0 cm³/mol. The third-order valence-corrected chi connectivity index (χ3v) is 4.24. The van der Waals surface area contributed by atoms with E-state index in [9.17, 15) is 14.7 Å². The number of aliphatic carboxylic acids is 1. The fourth-order valence-corrected chi connectivity index (χ4v) is 2.88. The molecule has 0 saturated carbocycles. The van der Waals surface area contributed by atoms with Gasteiger partial charge >= 0.3 is 11.9 Å². The summed E-state index contributed by atoms with van der Waals surface area (Å²) < 4.78 is 15.6. The van der Waals surface area contributed by atoms with Crippen LogP contribution in [0.25, 0.3) is 17.4 Å². The van der Waals surface area contributed by atoms with Crippen LogP contribution in [0.1, 0.15) is 22.0 Å². The van der Waals surface area contributed by atoms with Gasteiger partial charge < -0.3 is 18.7 Å². The number of methoxy groups -OCH3 is 1. The number of aromatic nitrogens is 2. The summed E-state index contributed by atoms with van der Waals surface area (Å²) in [6.45, 7) is 1.61. The number of hydrogen-bond donors (Lipinski definition) is 1. The number of esters is 1. The second kappa shape index (κ2) is 7.92. The molecule has 0 aliphatic heterocycles. The number of carboxylic acids is 1. The molecule has 0 spiro atoms. The van der Waals surface area contributed by atoms with Gasteiger partial charge in [-0.2, -0.15) is 0 Å². The lowest BCUT2D eigenvalue weighted by Gasteiger charge is -2.01. The van der Waals surface area contributed by atoms with E-state index in [1.165, 1.54) is 13.2 Å². The van der Waals surface area contributed by atoms with Crippen molar-refractivity contribution in [2.24, 2.45) is 0 Å². The minimum Gasteiger partial charge on any atom is -0.477 e. The average molecular weight is 386 g/mol. The van der Waals surface area contributed by atoms with E-state index in [1.807, 2.05) is 0 Å². The van der Waals surface area contributed by atoms with Crippen molar-refractivity contribution in [2.45, 2.75) is 12.1 Å².